The average Bonchev–Trinajstić information content (AvgIpc) is 3.62. The molecule has 5 nitrogen and oxygen atoms in total. The third-order valence-electron chi connectivity index (χ3n) is 6.16. The number of benzene rings is 3. The standard InChI is InChI=1S/C29H29NO4/c1-2-32-28(31)16-23-7-3-4-9-26(23)33-18-20-13-24-15-27(21-10-11-21)34-29(24)25(14-20)22-8-5-6-19(12-22)17-30/h3-9,12-15,21H,2,10-11,16-18,30H2,1H3. The lowest BCUT2D eigenvalue weighted by atomic mass is 9.99. The van der Waals surface area contributed by atoms with Crippen molar-refractivity contribution in [3.05, 3.63) is 89.2 Å². The van der Waals surface area contributed by atoms with Gasteiger partial charge in [-0.3, -0.25) is 4.79 Å². The first-order valence-corrected chi connectivity index (χ1v) is 11.9. The Morgan fingerprint density at radius 2 is 1.88 bits per heavy atom. The van der Waals surface area contributed by atoms with Gasteiger partial charge < -0.3 is 19.6 Å². The van der Waals surface area contributed by atoms with Crippen LogP contribution in [0.3, 0.4) is 0 Å². The van der Waals surface area contributed by atoms with Gasteiger partial charge in [0.1, 0.15) is 23.7 Å². The Kier molecular flexibility index (Phi) is 6.37. The second-order valence-electron chi connectivity index (χ2n) is 8.77. The molecule has 0 aliphatic heterocycles. The molecule has 0 spiro atoms. The van der Waals surface area contributed by atoms with E-state index < -0.39 is 0 Å². The van der Waals surface area contributed by atoms with Crippen LogP contribution in [0.15, 0.2) is 71.1 Å². The zero-order valence-electron chi connectivity index (χ0n) is 19.4. The quantitative estimate of drug-likeness (QED) is 0.308. The first kappa shape index (κ1) is 22.2. The van der Waals surface area contributed by atoms with Gasteiger partial charge in [-0.05, 0) is 66.8 Å². The molecule has 174 valence electrons. The van der Waals surface area contributed by atoms with Crippen LogP contribution in [0.4, 0.5) is 0 Å². The fourth-order valence-corrected chi connectivity index (χ4v) is 4.29. The van der Waals surface area contributed by atoms with E-state index in [1.165, 1.54) is 12.8 Å². The summed E-state index contributed by atoms with van der Waals surface area (Å²) in [7, 11) is 0. The molecular weight excluding hydrogens is 426 g/mol. The number of nitrogens with two attached hydrogens (primary N) is 1. The third-order valence-corrected chi connectivity index (χ3v) is 6.16. The number of carbonyl (C=O) groups is 1. The van der Waals surface area contributed by atoms with Gasteiger partial charge in [-0.15, -0.1) is 0 Å². The zero-order chi connectivity index (χ0) is 23.5. The van der Waals surface area contributed by atoms with Crippen LogP contribution in [0.1, 0.15) is 48.1 Å². The first-order chi connectivity index (χ1) is 16.6. The summed E-state index contributed by atoms with van der Waals surface area (Å²) in [5.74, 6) is 2.02. The highest BCUT2D eigenvalue weighted by atomic mass is 16.5. The van der Waals surface area contributed by atoms with Gasteiger partial charge >= 0.3 is 5.97 Å². The van der Waals surface area contributed by atoms with Crippen molar-refractivity contribution in [3.8, 4) is 16.9 Å². The number of hydrogen-bond donors (Lipinski definition) is 1. The number of para-hydroxylation sites is 1. The van der Waals surface area contributed by atoms with E-state index in [1.807, 2.05) is 43.3 Å². The van der Waals surface area contributed by atoms with Crippen molar-refractivity contribution in [2.45, 2.75) is 45.3 Å². The summed E-state index contributed by atoms with van der Waals surface area (Å²) in [5.41, 5.74) is 11.8. The van der Waals surface area contributed by atoms with Crippen molar-refractivity contribution in [2.24, 2.45) is 5.73 Å². The Hall–Kier alpha value is -3.57. The van der Waals surface area contributed by atoms with Crippen molar-refractivity contribution in [1.82, 2.24) is 0 Å². The van der Waals surface area contributed by atoms with Crippen molar-refractivity contribution in [3.63, 3.8) is 0 Å². The average molecular weight is 456 g/mol. The molecule has 5 heteroatoms. The number of carbonyl (C=O) groups excluding carboxylic acids is 1. The molecule has 0 bridgehead atoms. The minimum atomic E-state index is -0.256. The molecule has 0 atom stereocenters. The van der Waals surface area contributed by atoms with Crippen LogP contribution in [0, 0.1) is 0 Å². The summed E-state index contributed by atoms with van der Waals surface area (Å²) in [5, 5.41) is 1.08. The van der Waals surface area contributed by atoms with Gasteiger partial charge in [0, 0.05) is 29.0 Å². The maximum absolute atomic E-state index is 12.0. The number of ether oxygens (including phenoxy) is 2. The molecule has 2 N–H and O–H groups in total. The summed E-state index contributed by atoms with van der Waals surface area (Å²) in [6.07, 6.45) is 2.56. The normalized spacial score (nSPS) is 13.2. The molecule has 5 rings (SSSR count). The Morgan fingerprint density at radius 1 is 1.03 bits per heavy atom. The SMILES string of the molecule is CCOC(=O)Cc1ccccc1OCc1cc(-c2cccc(CN)c2)c2oc(C3CC3)cc2c1. The van der Waals surface area contributed by atoms with Crippen molar-refractivity contribution < 1.29 is 18.7 Å². The third kappa shape index (κ3) is 4.85. The van der Waals surface area contributed by atoms with E-state index in [0.29, 0.717) is 31.4 Å². The lowest BCUT2D eigenvalue weighted by molar-refractivity contribution is -0.142. The molecule has 1 heterocycles. The van der Waals surface area contributed by atoms with Crippen molar-refractivity contribution >= 4 is 16.9 Å². The van der Waals surface area contributed by atoms with Gasteiger partial charge in [0.2, 0.25) is 0 Å². The molecule has 4 aromatic rings. The van der Waals surface area contributed by atoms with Crippen LogP contribution in [-0.2, 0) is 29.1 Å². The highest BCUT2D eigenvalue weighted by molar-refractivity contribution is 5.94. The van der Waals surface area contributed by atoms with Crippen LogP contribution >= 0.6 is 0 Å². The van der Waals surface area contributed by atoms with Gasteiger partial charge in [0.05, 0.1) is 13.0 Å². The number of fused-ring (bicyclic) bond motifs is 1. The van der Waals surface area contributed by atoms with Crippen molar-refractivity contribution in [1.29, 1.82) is 0 Å². The smallest absolute Gasteiger partial charge is 0.310 e. The second kappa shape index (κ2) is 9.74. The molecule has 3 aromatic carbocycles. The highest BCUT2D eigenvalue weighted by Crippen LogP contribution is 2.44. The van der Waals surface area contributed by atoms with E-state index in [1.54, 1.807) is 0 Å². The first-order valence-electron chi connectivity index (χ1n) is 11.9. The van der Waals surface area contributed by atoms with E-state index in [0.717, 1.165) is 44.5 Å². The largest absolute Gasteiger partial charge is 0.489 e. The number of hydrogen-bond acceptors (Lipinski definition) is 5. The van der Waals surface area contributed by atoms with Crippen LogP contribution in [0.2, 0.25) is 0 Å². The van der Waals surface area contributed by atoms with E-state index in [9.17, 15) is 4.79 Å². The molecule has 0 unspecified atom stereocenters. The van der Waals surface area contributed by atoms with Gasteiger partial charge in [-0.2, -0.15) is 0 Å². The molecule has 0 saturated heterocycles. The molecule has 0 radical (unpaired) electrons. The molecule has 1 aliphatic rings. The second-order valence-corrected chi connectivity index (χ2v) is 8.77. The van der Waals surface area contributed by atoms with E-state index >= 15 is 0 Å². The summed E-state index contributed by atoms with van der Waals surface area (Å²) in [6, 6.07) is 22.3. The van der Waals surface area contributed by atoms with Gasteiger partial charge in [-0.1, -0.05) is 36.4 Å². The van der Waals surface area contributed by atoms with Crippen LogP contribution < -0.4 is 10.5 Å². The zero-order valence-corrected chi connectivity index (χ0v) is 19.4. The summed E-state index contributed by atoms with van der Waals surface area (Å²) < 4.78 is 17.6. The molecule has 1 saturated carbocycles. The molecule has 1 fully saturated rings. The van der Waals surface area contributed by atoms with Crippen LogP contribution in [0.25, 0.3) is 22.1 Å². The summed E-state index contributed by atoms with van der Waals surface area (Å²) in [6.45, 7) is 3.04. The van der Waals surface area contributed by atoms with Crippen LogP contribution in [-0.4, -0.2) is 12.6 Å². The Morgan fingerprint density at radius 3 is 2.68 bits per heavy atom. The molecule has 34 heavy (non-hydrogen) atoms. The molecule has 1 aliphatic carbocycles. The fraction of sp³-hybridized carbons (Fsp3) is 0.276. The van der Waals surface area contributed by atoms with E-state index in [-0.39, 0.29) is 12.4 Å². The predicted octanol–water partition coefficient (Wildman–Crippen LogP) is 6.12. The van der Waals surface area contributed by atoms with Gasteiger partial charge in [0.15, 0.2) is 0 Å². The minimum absolute atomic E-state index is 0.187. The Labute approximate surface area is 199 Å². The maximum atomic E-state index is 12.0. The predicted molar refractivity (Wildman–Crippen MR) is 133 cm³/mol. The maximum Gasteiger partial charge on any atom is 0.310 e. The van der Waals surface area contributed by atoms with Gasteiger partial charge in [-0.25, -0.2) is 0 Å². The number of rotatable bonds is 9. The molecule has 0 amide bonds. The monoisotopic (exact) mass is 455 g/mol. The van der Waals surface area contributed by atoms with Gasteiger partial charge in [0.25, 0.3) is 0 Å². The fourth-order valence-electron chi connectivity index (χ4n) is 4.29. The van der Waals surface area contributed by atoms with E-state index in [4.69, 9.17) is 19.6 Å². The Bertz CT molecular complexity index is 1320. The van der Waals surface area contributed by atoms with Crippen LogP contribution in [0.5, 0.6) is 5.75 Å². The minimum Gasteiger partial charge on any atom is -0.489 e. The summed E-state index contributed by atoms with van der Waals surface area (Å²) in [4.78, 5) is 12.0. The summed E-state index contributed by atoms with van der Waals surface area (Å²) >= 11 is 0. The topological polar surface area (TPSA) is 74.7 Å². The highest BCUT2D eigenvalue weighted by Gasteiger charge is 2.28. The molecular formula is C29H29NO4. The molecule has 1 aromatic heterocycles. The Balaban J connectivity index is 1.47. The lowest BCUT2D eigenvalue weighted by Gasteiger charge is -2.13. The van der Waals surface area contributed by atoms with Crippen molar-refractivity contribution in [2.75, 3.05) is 6.61 Å². The number of esters is 1. The van der Waals surface area contributed by atoms with E-state index in [2.05, 4.69) is 30.3 Å². The lowest BCUT2D eigenvalue weighted by Crippen LogP contribution is -2.09. The number of furan rings is 1.